The summed E-state index contributed by atoms with van der Waals surface area (Å²) in [7, 11) is 0. The second kappa shape index (κ2) is 4.14. The first-order valence-electron chi connectivity index (χ1n) is 5.46. The second-order valence-corrected chi connectivity index (χ2v) is 3.90. The van der Waals surface area contributed by atoms with Gasteiger partial charge in [0.1, 0.15) is 11.6 Å². The molecule has 1 unspecified atom stereocenters. The highest BCUT2D eigenvalue weighted by Crippen LogP contribution is 2.32. The molecule has 0 N–H and O–H groups in total. The fourth-order valence-electron chi connectivity index (χ4n) is 1.84. The second-order valence-electron chi connectivity index (χ2n) is 3.90. The van der Waals surface area contributed by atoms with Crippen molar-refractivity contribution < 1.29 is 18.7 Å². The van der Waals surface area contributed by atoms with Crippen molar-refractivity contribution in [3.63, 3.8) is 0 Å². The third-order valence-electron chi connectivity index (χ3n) is 2.71. The fourth-order valence-corrected chi connectivity index (χ4v) is 1.84. The maximum atomic E-state index is 12.8. The molecule has 18 heavy (non-hydrogen) atoms. The summed E-state index contributed by atoms with van der Waals surface area (Å²) in [5.74, 6) is -0.296. The Bertz CT molecular complexity index is 592. The van der Waals surface area contributed by atoms with Crippen LogP contribution in [0.5, 0.6) is 5.75 Å². The topological polar surface area (TPSA) is 35.5 Å². The number of rotatable bonds is 2. The normalized spacial score (nSPS) is 17.2. The molecule has 0 amide bonds. The number of hydrogen-bond donors (Lipinski definition) is 0. The minimum absolute atomic E-state index is 0.342. The van der Waals surface area contributed by atoms with E-state index >= 15 is 0 Å². The van der Waals surface area contributed by atoms with Gasteiger partial charge in [-0.15, -0.1) is 0 Å². The van der Waals surface area contributed by atoms with Gasteiger partial charge in [0.15, 0.2) is 0 Å². The quantitative estimate of drug-likeness (QED) is 0.761. The minimum atomic E-state index is -0.765. The van der Waals surface area contributed by atoms with E-state index in [0.717, 1.165) is 0 Å². The van der Waals surface area contributed by atoms with Gasteiger partial charge in [0.05, 0.1) is 5.56 Å². The first-order valence-corrected chi connectivity index (χ1v) is 5.46. The number of carbonyl (C=O) groups excluding carboxylic acids is 1. The van der Waals surface area contributed by atoms with Crippen molar-refractivity contribution in [2.45, 2.75) is 6.29 Å². The molecule has 3 rings (SSSR count). The summed E-state index contributed by atoms with van der Waals surface area (Å²) in [5, 5.41) is 0. The van der Waals surface area contributed by atoms with E-state index in [-0.39, 0.29) is 5.82 Å². The molecule has 0 saturated heterocycles. The molecule has 1 atom stereocenters. The van der Waals surface area contributed by atoms with Crippen LogP contribution in [-0.2, 0) is 4.74 Å². The molecule has 1 heterocycles. The highest BCUT2D eigenvalue weighted by Gasteiger charge is 2.31. The van der Waals surface area contributed by atoms with E-state index in [9.17, 15) is 9.18 Å². The molecule has 0 spiro atoms. The monoisotopic (exact) mass is 244 g/mol. The molecule has 0 saturated carbocycles. The summed E-state index contributed by atoms with van der Waals surface area (Å²) in [6.07, 6.45) is -0.765. The molecule has 0 bridgehead atoms. The first kappa shape index (κ1) is 10.8. The average Bonchev–Trinajstić information content (AvgIpc) is 2.70. The van der Waals surface area contributed by atoms with Gasteiger partial charge < -0.3 is 9.47 Å². The van der Waals surface area contributed by atoms with Crippen LogP contribution in [0.15, 0.2) is 48.5 Å². The number of benzene rings is 2. The lowest BCUT2D eigenvalue weighted by Crippen LogP contribution is -2.06. The van der Waals surface area contributed by atoms with E-state index < -0.39 is 12.3 Å². The standard InChI is InChI=1S/C14H9FO3/c15-9-5-7-10(8-6-9)17-14-12-4-2-1-3-11(12)13(16)18-14/h1-8,14H. The molecule has 0 radical (unpaired) electrons. The molecular weight excluding hydrogens is 235 g/mol. The van der Waals surface area contributed by atoms with Crippen LogP contribution in [0.25, 0.3) is 0 Å². The van der Waals surface area contributed by atoms with Gasteiger partial charge >= 0.3 is 5.97 Å². The number of carbonyl (C=O) groups is 1. The Morgan fingerprint density at radius 3 is 2.56 bits per heavy atom. The Labute approximate surface area is 103 Å². The Hall–Kier alpha value is -2.36. The van der Waals surface area contributed by atoms with Crippen LogP contribution >= 0.6 is 0 Å². The molecular formula is C14H9FO3. The van der Waals surface area contributed by atoms with Gasteiger partial charge in [0.25, 0.3) is 6.29 Å². The van der Waals surface area contributed by atoms with Gasteiger partial charge in [0, 0.05) is 5.56 Å². The highest BCUT2D eigenvalue weighted by molar-refractivity contribution is 5.93. The maximum Gasteiger partial charge on any atom is 0.342 e. The van der Waals surface area contributed by atoms with Gasteiger partial charge in [-0.1, -0.05) is 18.2 Å². The van der Waals surface area contributed by atoms with Crippen molar-refractivity contribution in [3.05, 3.63) is 65.5 Å². The molecule has 0 fully saturated rings. The summed E-state index contributed by atoms with van der Waals surface area (Å²) >= 11 is 0. The van der Waals surface area contributed by atoms with Crippen molar-refractivity contribution in [1.29, 1.82) is 0 Å². The number of ether oxygens (including phenoxy) is 2. The maximum absolute atomic E-state index is 12.8. The number of cyclic esters (lactones) is 1. The Morgan fingerprint density at radius 1 is 1.06 bits per heavy atom. The van der Waals surface area contributed by atoms with Gasteiger partial charge in [0.2, 0.25) is 0 Å². The van der Waals surface area contributed by atoms with Crippen molar-refractivity contribution in [2.24, 2.45) is 0 Å². The zero-order chi connectivity index (χ0) is 12.5. The number of hydrogen-bond acceptors (Lipinski definition) is 3. The minimum Gasteiger partial charge on any atom is -0.450 e. The first-order chi connectivity index (χ1) is 8.74. The van der Waals surface area contributed by atoms with E-state index in [1.165, 1.54) is 24.3 Å². The molecule has 4 heteroatoms. The van der Waals surface area contributed by atoms with E-state index in [4.69, 9.17) is 9.47 Å². The van der Waals surface area contributed by atoms with E-state index in [2.05, 4.69) is 0 Å². The molecule has 3 nitrogen and oxygen atoms in total. The molecule has 0 aromatic heterocycles. The van der Waals surface area contributed by atoms with Crippen LogP contribution in [0.4, 0.5) is 4.39 Å². The molecule has 2 aromatic carbocycles. The third kappa shape index (κ3) is 1.82. The molecule has 1 aliphatic rings. The van der Waals surface area contributed by atoms with E-state index in [1.54, 1.807) is 18.2 Å². The van der Waals surface area contributed by atoms with Crippen LogP contribution < -0.4 is 4.74 Å². The fraction of sp³-hybridized carbons (Fsp3) is 0.0714. The zero-order valence-corrected chi connectivity index (χ0v) is 9.30. The van der Waals surface area contributed by atoms with Gasteiger partial charge in [-0.25, -0.2) is 9.18 Å². The van der Waals surface area contributed by atoms with E-state index in [1.807, 2.05) is 6.07 Å². The van der Waals surface area contributed by atoms with E-state index in [0.29, 0.717) is 16.9 Å². The molecule has 90 valence electrons. The lowest BCUT2D eigenvalue weighted by molar-refractivity contribution is -0.0382. The van der Waals surface area contributed by atoms with Crippen molar-refractivity contribution in [3.8, 4) is 5.75 Å². The molecule has 1 aliphatic heterocycles. The summed E-state index contributed by atoms with van der Waals surface area (Å²) in [6.45, 7) is 0. The molecule has 2 aromatic rings. The predicted molar refractivity (Wildman–Crippen MR) is 61.6 cm³/mol. The van der Waals surface area contributed by atoms with Gasteiger partial charge in [-0.3, -0.25) is 0 Å². The van der Waals surface area contributed by atoms with Crippen molar-refractivity contribution in [1.82, 2.24) is 0 Å². The van der Waals surface area contributed by atoms with Crippen LogP contribution in [0.3, 0.4) is 0 Å². The predicted octanol–water partition coefficient (Wildman–Crippen LogP) is 3.07. The average molecular weight is 244 g/mol. The molecule has 0 aliphatic carbocycles. The lowest BCUT2D eigenvalue weighted by atomic mass is 10.1. The van der Waals surface area contributed by atoms with Crippen LogP contribution in [0, 0.1) is 5.82 Å². The summed E-state index contributed by atoms with van der Waals surface area (Å²) in [5.41, 5.74) is 1.19. The van der Waals surface area contributed by atoms with Gasteiger partial charge in [-0.2, -0.15) is 0 Å². The summed E-state index contributed by atoms with van der Waals surface area (Å²) < 4.78 is 23.4. The van der Waals surface area contributed by atoms with Crippen molar-refractivity contribution >= 4 is 5.97 Å². The number of fused-ring (bicyclic) bond motifs is 1. The largest absolute Gasteiger partial charge is 0.450 e. The number of esters is 1. The Morgan fingerprint density at radius 2 is 1.78 bits per heavy atom. The lowest BCUT2D eigenvalue weighted by Gasteiger charge is -2.13. The SMILES string of the molecule is O=C1OC(Oc2ccc(F)cc2)c2ccccc21. The van der Waals surface area contributed by atoms with Crippen LogP contribution in [0.2, 0.25) is 0 Å². The Kier molecular flexibility index (Phi) is 2.48. The highest BCUT2D eigenvalue weighted by atomic mass is 19.1. The smallest absolute Gasteiger partial charge is 0.342 e. The van der Waals surface area contributed by atoms with Crippen LogP contribution in [0.1, 0.15) is 22.2 Å². The number of halogens is 1. The zero-order valence-electron chi connectivity index (χ0n) is 9.30. The van der Waals surface area contributed by atoms with Gasteiger partial charge in [-0.05, 0) is 30.3 Å². The summed E-state index contributed by atoms with van der Waals surface area (Å²) in [6, 6.07) is 12.6. The summed E-state index contributed by atoms with van der Waals surface area (Å²) in [4.78, 5) is 11.6. The van der Waals surface area contributed by atoms with Crippen LogP contribution in [-0.4, -0.2) is 5.97 Å². The third-order valence-corrected chi connectivity index (χ3v) is 2.71. The Balaban J connectivity index is 1.87. The van der Waals surface area contributed by atoms with Crippen molar-refractivity contribution in [2.75, 3.05) is 0 Å².